The van der Waals surface area contributed by atoms with Crippen LogP contribution < -0.4 is 14.9 Å². The summed E-state index contributed by atoms with van der Waals surface area (Å²) in [6.07, 6.45) is -1.65. The Labute approximate surface area is 228 Å². The van der Waals surface area contributed by atoms with Crippen molar-refractivity contribution in [1.82, 2.24) is 15.2 Å². The highest BCUT2D eigenvalue weighted by atomic mass is 32.2. The lowest BCUT2D eigenvalue weighted by atomic mass is 9.95. The fourth-order valence-electron chi connectivity index (χ4n) is 4.41. The molecular formula is C27H36F2N6O3S. The smallest absolute Gasteiger partial charge is 0.255 e. The van der Waals surface area contributed by atoms with Crippen LogP contribution in [0.1, 0.15) is 57.5 Å². The van der Waals surface area contributed by atoms with E-state index in [1.807, 2.05) is 37.3 Å². The molecule has 1 saturated carbocycles. The van der Waals surface area contributed by atoms with Crippen molar-refractivity contribution in [3.8, 4) is 11.5 Å². The third-order valence-electron chi connectivity index (χ3n) is 7.31. The van der Waals surface area contributed by atoms with Gasteiger partial charge in [0.05, 0.1) is 17.7 Å². The largest absolute Gasteiger partial charge is 0.420 e. The number of hydrogen-bond acceptors (Lipinski definition) is 8. The summed E-state index contributed by atoms with van der Waals surface area (Å²) in [5.41, 5.74) is 7.73. The van der Waals surface area contributed by atoms with Crippen LogP contribution in [0.3, 0.4) is 0 Å². The topological polar surface area (TPSA) is 118 Å². The molecule has 0 spiro atoms. The van der Waals surface area contributed by atoms with E-state index in [0.717, 1.165) is 16.3 Å². The zero-order valence-electron chi connectivity index (χ0n) is 22.8. The predicted octanol–water partition coefficient (Wildman–Crippen LogP) is 4.84. The third kappa shape index (κ3) is 6.55. The van der Waals surface area contributed by atoms with Gasteiger partial charge in [0.15, 0.2) is 0 Å². The maximum absolute atomic E-state index is 13.6. The number of nitrogens with zero attached hydrogens (tertiary/aromatic N) is 5. The highest BCUT2D eigenvalue weighted by Gasteiger charge is 2.35. The summed E-state index contributed by atoms with van der Waals surface area (Å²) in [6, 6.07) is 12.3. The van der Waals surface area contributed by atoms with Gasteiger partial charge in [-0.05, 0) is 49.8 Å². The highest BCUT2D eigenvalue weighted by Crippen LogP contribution is 2.40. The number of benzene rings is 1. The molecule has 0 aliphatic heterocycles. The summed E-state index contributed by atoms with van der Waals surface area (Å²) in [5.74, 6) is 1.12. The van der Waals surface area contributed by atoms with Gasteiger partial charge in [-0.2, -0.15) is 0 Å². The molecule has 2 aromatic heterocycles. The monoisotopic (exact) mass is 562 g/mol. The van der Waals surface area contributed by atoms with Crippen LogP contribution in [-0.2, 0) is 10.0 Å². The van der Waals surface area contributed by atoms with E-state index in [-0.39, 0.29) is 29.4 Å². The molecule has 1 aliphatic carbocycles. The Morgan fingerprint density at radius 2 is 1.74 bits per heavy atom. The zero-order chi connectivity index (χ0) is 28.5. The van der Waals surface area contributed by atoms with E-state index in [4.69, 9.17) is 10.2 Å². The first-order valence-electron chi connectivity index (χ1n) is 13.1. The van der Waals surface area contributed by atoms with Crippen LogP contribution in [0.25, 0.3) is 11.5 Å². The van der Waals surface area contributed by atoms with Crippen LogP contribution in [-0.4, -0.2) is 55.4 Å². The van der Waals surface area contributed by atoms with E-state index in [9.17, 15) is 17.2 Å². The third-order valence-corrected chi connectivity index (χ3v) is 9.45. The lowest BCUT2D eigenvalue weighted by Gasteiger charge is -2.27. The second-order valence-corrected chi connectivity index (χ2v) is 13.1. The molecule has 9 nitrogen and oxygen atoms in total. The van der Waals surface area contributed by atoms with E-state index >= 15 is 0 Å². The van der Waals surface area contributed by atoms with Gasteiger partial charge in [0.1, 0.15) is 11.6 Å². The molecule has 4 atom stereocenters. The van der Waals surface area contributed by atoms with Crippen LogP contribution in [0, 0.1) is 11.8 Å². The van der Waals surface area contributed by atoms with Gasteiger partial charge in [-0.3, -0.25) is 4.31 Å². The van der Waals surface area contributed by atoms with Crippen LogP contribution >= 0.6 is 0 Å². The number of aromatic nitrogens is 3. The molecule has 12 heteroatoms. The van der Waals surface area contributed by atoms with Gasteiger partial charge in [0.25, 0.3) is 6.43 Å². The Morgan fingerprint density at radius 3 is 2.33 bits per heavy atom. The number of alkyl halides is 2. The van der Waals surface area contributed by atoms with E-state index < -0.39 is 34.3 Å². The quantitative estimate of drug-likeness (QED) is 0.333. The summed E-state index contributed by atoms with van der Waals surface area (Å²) in [5, 5.41) is 7.68. The lowest BCUT2D eigenvalue weighted by Crippen LogP contribution is -2.35. The number of halogens is 2. The molecule has 1 aliphatic rings. The van der Waals surface area contributed by atoms with Gasteiger partial charge in [0.2, 0.25) is 21.8 Å². The Morgan fingerprint density at radius 1 is 1.10 bits per heavy atom. The number of sulfonamides is 1. The minimum absolute atomic E-state index is 0.0769. The molecule has 0 bridgehead atoms. The average molecular weight is 563 g/mol. The molecule has 2 heterocycles. The van der Waals surface area contributed by atoms with Crippen LogP contribution in [0.15, 0.2) is 46.9 Å². The number of anilines is 2. The molecular weight excluding hydrogens is 526 g/mol. The maximum Gasteiger partial charge on any atom is 0.255 e. The van der Waals surface area contributed by atoms with Crippen molar-refractivity contribution >= 4 is 21.7 Å². The van der Waals surface area contributed by atoms with Crippen molar-refractivity contribution < 1.29 is 21.6 Å². The number of nitrogens with two attached hydrogens (primary N) is 1. The van der Waals surface area contributed by atoms with E-state index in [1.165, 1.54) is 18.0 Å². The normalized spacial score (nSPS) is 18.8. The van der Waals surface area contributed by atoms with Gasteiger partial charge in [-0.1, -0.05) is 44.2 Å². The zero-order valence-corrected chi connectivity index (χ0v) is 23.6. The standard InChI is InChI=1S/C27H36F2N6O3S/c1-16(2)39(36,37)34(5)23-12-20(13-24(31-23)35(15-22(28)29)14-21-11-17(21)3)27-33-32-26(38-27)18(4)25(30)19-9-7-6-8-10-19/h6-10,12-13,16-18,21-22,25H,11,14-15,30H2,1-5H3/t17?,18-,21?,25?/m1/s1. The van der Waals surface area contributed by atoms with Gasteiger partial charge in [-0.25, -0.2) is 22.2 Å². The molecule has 1 fully saturated rings. The molecule has 2 N–H and O–H groups in total. The van der Waals surface area contributed by atoms with Crippen molar-refractivity contribution in [3.63, 3.8) is 0 Å². The van der Waals surface area contributed by atoms with E-state index in [1.54, 1.807) is 19.9 Å². The molecule has 0 radical (unpaired) electrons. The predicted molar refractivity (Wildman–Crippen MR) is 147 cm³/mol. The van der Waals surface area contributed by atoms with Crippen molar-refractivity contribution in [2.45, 2.75) is 57.8 Å². The average Bonchev–Trinajstić information content (AvgIpc) is 3.38. The van der Waals surface area contributed by atoms with Crippen molar-refractivity contribution in [2.24, 2.45) is 17.6 Å². The Bertz CT molecular complexity index is 1370. The van der Waals surface area contributed by atoms with Crippen molar-refractivity contribution in [3.05, 3.63) is 53.9 Å². The number of hydrogen-bond donors (Lipinski definition) is 1. The molecule has 0 amide bonds. The summed E-state index contributed by atoms with van der Waals surface area (Å²) in [6.45, 7) is 6.94. The van der Waals surface area contributed by atoms with Gasteiger partial charge in [0, 0.05) is 25.2 Å². The highest BCUT2D eigenvalue weighted by molar-refractivity contribution is 7.93. The van der Waals surface area contributed by atoms with Crippen LogP contribution in [0.2, 0.25) is 0 Å². The minimum Gasteiger partial charge on any atom is -0.420 e. The van der Waals surface area contributed by atoms with E-state index in [2.05, 4.69) is 22.1 Å². The Hall–Kier alpha value is -3.12. The lowest BCUT2D eigenvalue weighted by molar-refractivity contribution is 0.154. The number of pyridine rings is 1. The van der Waals surface area contributed by atoms with Crippen molar-refractivity contribution in [2.75, 3.05) is 29.3 Å². The summed E-state index contributed by atoms with van der Waals surface area (Å²) in [7, 11) is -2.35. The van der Waals surface area contributed by atoms with Gasteiger partial charge in [-0.15, -0.1) is 10.2 Å². The summed E-state index contributed by atoms with van der Waals surface area (Å²) < 4.78 is 60.2. The van der Waals surface area contributed by atoms with Crippen LogP contribution in [0.5, 0.6) is 0 Å². The van der Waals surface area contributed by atoms with Gasteiger partial charge < -0.3 is 15.1 Å². The molecule has 212 valence electrons. The number of rotatable bonds is 12. The first-order valence-corrected chi connectivity index (χ1v) is 14.6. The first kappa shape index (κ1) is 28.9. The second kappa shape index (κ2) is 11.5. The fraction of sp³-hybridized carbons (Fsp3) is 0.519. The molecule has 3 unspecified atom stereocenters. The summed E-state index contributed by atoms with van der Waals surface area (Å²) in [4.78, 5) is 6.01. The SMILES string of the molecule is CC1CC1CN(CC(F)F)c1cc(-c2nnc([C@H](C)C(N)c3ccccc3)o2)cc(N(C)S(=O)(=O)C(C)C)n1. The van der Waals surface area contributed by atoms with Crippen molar-refractivity contribution in [1.29, 1.82) is 0 Å². The van der Waals surface area contributed by atoms with E-state index in [0.29, 0.717) is 23.9 Å². The molecule has 39 heavy (non-hydrogen) atoms. The second-order valence-electron chi connectivity index (χ2n) is 10.6. The Balaban J connectivity index is 1.74. The first-order chi connectivity index (χ1) is 18.4. The molecule has 0 saturated heterocycles. The minimum atomic E-state index is -3.74. The van der Waals surface area contributed by atoms with Gasteiger partial charge >= 0.3 is 0 Å². The Kier molecular flexibility index (Phi) is 8.55. The van der Waals surface area contributed by atoms with Crippen LogP contribution in [0.4, 0.5) is 20.4 Å². The molecule has 1 aromatic carbocycles. The molecule has 4 rings (SSSR count). The maximum atomic E-state index is 13.6. The summed E-state index contributed by atoms with van der Waals surface area (Å²) >= 11 is 0. The molecule has 3 aromatic rings. The fourth-order valence-corrected chi connectivity index (χ4v) is 5.40.